The van der Waals surface area contributed by atoms with Gasteiger partial charge in [-0.05, 0) is 79.3 Å². The summed E-state index contributed by atoms with van der Waals surface area (Å²) in [6.07, 6.45) is 1.72. The van der Waals surface area contributed by atoms with E-state index >= 15 is 0 Å². The highest BCUT2D eigenvalue weighted by molar-refractivity contribution is 14.1. The van der Waals surface area contributed by atoms with E-state index in [4.69, 9.17) is 28.4 Å². The first-order chi connectivity index (χ1) is 20.7. The number of ether oxygens (including phenoxy) is 6. The number of carbonyl (C=O) groups is 2. The Morgan fingerprint density at radius 3 is 2.40 bits per heavy atom. The van der Waals surface area contributed by atoms with Crippen molar-refractivity contribution in [2.24, 2.45) is 4.99 Å². The smallest absolute Gasteiger partial charge is 0.344 e. The summed E-state index contributed by atoms with van der Waals surface area (Å²) in [5.41, 5.74) is 1.57. The number of aromatic nitrogens is 1. The van der Waals surface area contributed by atoms with Gasteiger partial charge in [-0.3, -0.25) is 9.36 Å². The number of allylic oxidation sites excluding steroid dienone is 1. The van der Waals surface area contributed by atoms with Gasteiger partial charge in [0.2, 0.25) is 0 Å². The fourth-order valence-corrected chi connectivity index (χ4v) is 6.41. The van der Waals surface area contributed by atoms with Gasteiger partial charge in [0.1, 0.15) is 17.5 Å². The van der Waals surface area contributed by atoms with Gasteiger partial charge in [-0.1, -0.05) is 11.3 Å². The van der Waals surface area contributed by atoms with E-state index < -0.39 is 18.0 Å². The van der Waals surface area contributed by atoms with Crippen LogP contribution in [0, 0.1) is 3.57 Å². The molecule has 0 unspecified atom stereocenters. The summed E-state index contributed by atoms with van der Waals surface area (Å²) in [5, 5.41) is 0. The van der Waals surface area contributed by atoms with Crippen LogP contribution < -0.4 is 33.8 Å². The lowest BCUT2D eigenvalue weighted by Gasteiger charge is -2.26. The number of methoxy groups -OCH3 is 3. The highest BCUT2D eigenvalue weighted by atomic mass is 127. The summed E-state index contributed by atoms with van der Waals surface area (Å²) in [4.78, 5) is 44.1. The van der Waals surface area contributed by atoms with E-state index in [0.29, 0.717) is 52.7 Å². The van der Waals surface area contributed by atoms with Gasteiger partial charge in [-0.25, -0.2) is 14.6 Å². The minimum Gasteiger partial charge on any atom is -0.497 e. The molecule has 1 aromatic heterocycles. The van der Waals surface area contributed by atoms with Gasteiger partial charge in [-0.15, -0.1) is 0 Å². The summed E-state index contributed by atoms with van der Waals surface area (Å²) in [7, 11) is 4.54. The maximum Gasteiger partial charge on any atom is 0.344 e. The normalized spacial score (nSPS) is 14.5. The molecule has 2 aromatic carbocycles. The van der Waals surface area contributed by atoms with Crippen LogP contribution in [0.2, 0.25) is 0 Å². The quantitative estimate of drug-likeness (QED) is 0.217. The third-order valence-corrected chi connectivity index (χ3v) is 8.23. The van der Waals surface area contributed by atoms with E-state index in [2.05, 4.69) is 27.6 Å². The Bertz CT molecular complexity index is 1760. The number of nitrogens with zero attached hydrogens (tertiary/aromatic N) is 2. The lowest BCUT2D eigenvalue weighted by atomic mass is 9.95. The van der Waals surface area contributed by atoms with Crippen molar-refractivity contribution in [3.8, 4) is 23.0 Å². The molecule has 1 atom stereocenters. The lowest BCUT2D eigenvalue weighted by molar-refractivity contribution is -0.145. The molecule has 0 saturated carbocycles. The second kappa shape index (κ2) is 14.1. The number of hydrogen-bond donors (Lipinski definition) is 0. The van der Waals surface area contributed by atoms with Gasteiger partial charge in [0.25, 0.3) is 5.56 Å². The molecule has 0 fully saturated rings. The predicted molar refractivity (Wildman–Crippen MR) is 168 cm³/mol. The summed E-state index contributed by atoms with van der Waals surface area (Å²) < 4.78 is 35.1. The zero-order valence-electron chi connectivity index (χ0n) is 24.5. The zero-order valence-corrected chi connectivity index (χ0v) is 27.5. The number of esters is 2. The average molecular weight is 723 g/mol. The molecule has 13 heteroatoms. The number of rotatable bonds is 11. The summed E-state index contributed by atoms with van der Waals surface area (Å²) >= 11 is 3.27. The Hall–Kier alpha value is -3.85. The van der Waals surface area contributed by atoms with Gasteiger partial charge in [0.15, 0.2) is 22.9 Å². The molecule has 228 valence electrons. The molecule has 2 heterocycles. The zero-order chi connectivity index (χ0) is 31.3. The number of hydrogen-bond acceptors (Lipinski definition) is 11. The summed E-state index contributed by atoms with van der Waals surface area (Å²) in [6, 6.07) is 7.86. The molecule has 0 bridgehead atoms. The van der Waals surface area contributed by atoms with Crippen LogP contribution in [-0.2, 0) is 19.1 Å². The number of halogens is 1. The molecule has 3 aromatic rings. The van der Waals surface area contributed by atoms with Crippen LogP contribution in [0.5, 0.6) is 23.0 Å². The largest absolute Gasteiger partial charge is 0.497 e. The van der Waals surface area contributed by atoms with Crippen LogP contribution in [-0.4, -0.2) is 57.7 Å². The summed E-state index contributed by atoms with van der Waals surface area (Å²) in [5.74, 6) is 0.704. The van der Waals surface area contributed by atoms with Gasteiger partial charge in [0.05, 0.1) is 53.9 Å². The number of fused-ring (bicyclic) bond motifs is 1. The Labute approximate surface area is 265 Å². The van der Waals surface area contributed by atoms with Crippen LogP contribution in [0.25, 0.3) is 6.08 Å². The topological polar surface area (TPSA) is 124 Å². The standard InChI is InChI=1S/C30H31IN2O9S/c1-7-40-24(34)15-42-27-20(31)11-17(12-22(27)39-6)13-23-28(35)33-26(19-10-9-18(37-4)14-21(19)38-5)25(29(36)41-8-2)16(3)32-30(33)43-23/h9-14,26H,7-8,15H2,1-6H3/b23-13-/t26-/m1/s1. The number of benzene rings is 2. The first-order valence-corrected chi connectivity index (χ1v) is 15.1. The summed E-state index contributed by atoms with van der Waals surface area (Å²) in [6.45, 7) is 5.29. The number of thiazole rings is 1. The maximum atomic E-state index is 14.0. The van der Waals surface area contributed by atoms with Crippen molar-refractivity contribution >= 4 is 51.9 Å². The van der Waals surface area contributed by atoms with E-state index in [9.17, 15) is 14.4 Å². The molecule has 4 rings (SSSR count). The predicted octanol–water partition coefficient (Wildman–Crippen LogP) is 3.37. The van der Waals surface area contributed by atoms with E-state index in [1.54, 1.807) is 64.3 Å². The molecule has 43 heavy (non-hydrogen) atoms. The Balaban J connectivity index is 1.87. The van der Waals surface area contributed by atoms with E-state index in [-0.39, 0.29) is 31.0 Å². The molecular formula is C30H31IN2O9S. The minimum absolute atomic E-state index is 0.159. The molecule has 1 aliphatic rings. The Kier molecular flexibility index (Phi) is 10.5. The van der Waals surface area contributed by atoms with Crippen LogP contribution in [0.15, 0.2) is 51.4 Å². The van der Waals surface area contributed by atoms with Gasteiger partial charge in [0, 0.05) is 11.6 Å². The van der Waals surface area contributed by atoms with Crippen molar-refractivity contribution in [3.63, 3.8) is 0 Å². The van der Waals surface area contributed by atoms with Crippen molar-refractivity contribution in [1.29, 1.82) is 0 Å². The van der Waals surface area contributed by atoms with E-state index in [0.717, 1.165) is 0 Å². The second-order valence-electron chi connectivity index (χ2n) is 9.04. The van der Waals surface area contributed by atoms with Crippen LogP contribution in [0.4, 0.5) is 0 Å². The molecule has 11 nitrogen and oxygen atoms in total. The molecule has 0 aliphatic carbocycles. The first-order valence-electron chi connectivity index (χ1n) is 13.2. The van der Waals surface area contributed by atoms with Crippen LogP contribution in [0.1, 0.15) is 37.9 Å². The SMILES string of the molecule is CCOC(=O)COc1c(I)cc(/C=c2\sc3n(c2=O)[C@H](c2ccc(OC)cc2OC)C(C(=O)OCC)=C(C)N=3)cc1OC. The number of carbonyl (C=O) groups excluding carboxylic acids is 2. The minimum atomic E-state index is -0.855. The molecule has 0 N–H and O–H groups in total. The maximum absolute atomic E-state index is 14.0. The third-order valence-electron chi connectivity index (χ3n) is 6.44. The van der Waals surface area contributed by atoms with E-state index in [1.807, 2.05) is 0 Å². The van der Waals surface area contributed by atoms with Crippen molar-refractivity contribution in [2.45, 2.75) is 26.8 Å². The fraction of sp³-hybridized carbons (Fsp3) is 0.333. The van der Waals surface area contributed by atoms with Crippen LogP contribution in [0.3, 0.4) is 0 Å². The first kappa shape index (κ1) is 32.1. The molecule has 0 radical (unpaired) electrons. The van der Waals surface area contributed by atoms with Gasteiger partial charge in [-0.2, -0.15) is 0 Å². The molecule has 0 saturated heterocycles. The van der Waals surface area contributed by atoms with E-state index in [1.165, 1.54) is 30.1 Å². The molecule has 1 aliphatic heterocycles. The van der Waals surface area contributed by atoms with Crippen molar-refractivity contribution < 1.29 is 38.0 Å². The molecule has 0 spiro atoms. The van der Waals surface area contributed by atoms with Crippen molar-refractivity contribution in [1.82, 2.24) is 4.57 Å². The van der Waals surface area contributed by atoms with Crippen molar-refractivity contribution in [2.75, 3.05) is 41.2 Å². The monoisotopic (exact) mass is 722 g/mol. The highest BCUT2D eigenvalue weighted by Gasteiger charge is 2.35. The highest BCUT2D eigenvalue weighted by Crippen LogP contribution is 2.38. The fourth-order valence-electron chi connectivity index (χ4n) is 4.58. The van der Waals surface area contributed by atoms with Crippen LogP contribution >= 0.6 is 33.9 Å². The Morgan fingerprint density at radius 2 is 1.74 bits per heavy atom. The third kappa shape index (κ3) is 6.72. The molecular weight excluding hydrogens is 691 g/mol. The average Bonchev–Trinajstić information content (AvgIpc) is 3.29. The second-order valence-corrected chi connectivity index (χ2v) is 11.2. The Morgan fingerprint density at radius 1 is 1.02 bits per heavy atom. The molecule has 0 amide bonds. The van der Waals surface area contributed by atoms with Crippen molar-refractivity contribution in [3.05, 3.63) is 76.0 Å². The van der Waals surface area contributed by atoms with Gasteiger partial charge >= 0.3 is 11.9 Å². The lowest BCUT2D eigenvalue weighted by Crippen LogP contribution is -2.40. The van der Waals surface area contributed by atoms with Gasteiger partial charge < -0.3 is 28.4 Å².